The number of hydrogen-bond acceptors (Lipinski definition) is 5. The van der Waals surface area contributed by atoms with E-state index in [2.05, 4.69) is 5.32 Å². The highest BCUT2D eigenvalue weighted by atomic mass is 35.5. The molecule has 2 aromatic rings. The second kappa shape index (κ2) is 11.4. The summed E-state index contributed by atoms with van der Waals surface area (Å²) in [4.78, 5) is 25.9. The zero-order valence-corrected chi connectivity index (χ0v) is 20.1. The molecule has 178 valence electrons. The Hall–Kier alpha value is -2.77. The van der Waals surface area contributed by atoms with Crippen molar-refractivity contribution in [2.45, 2.75) is 58.5 Å². The number of nitrogens with one attached hydrogen (secondary N) is 1. The van der Waals surface area contributed by atoms with E-state index >= 15 is 0 Å². The van der Waals surface area contributed by atoms with Gasteiger partial charge in [-0.05, 0) is 69.0 Å². The summed E-state index contributed by atoms with van der Waals surface area (Å²) in [5.41, 5.74) is 2.02. The number of nitrogens with zero attached hydrogens (tertiary/aromatic N) is 1. The van der Waals surface area contributed by atoms with Crippen LogP contribution >= 0.6 is 11.6 Å². The van der Waals surface area contributed by atoms with Gasteiger partial charge in [0.2, 0.25) is 0 Å². The molecule has 0 aliphatic carbocycles. The van der Waals surface area contributed by atoms with E-state index in [-0.39, 0.29) is 18.8 Å². The van der Waals surface area contributed by atoms with Crippen molar-refractivity contribution in [1.82, 2.24) is 4.90 Å². The first-order chi connectivity index (χ1) is 15.7. The predicted molar refractivity (Wildman–Crippen MR) is 127 cm³/mol. The summed E-state index contributed by atoms with van der Waals surface area (Å²) in [6, 6.07) is 14.6. The number of carbonyl (C=O) groups excluding carboxylic acids is 2. The number of rotatable bonds is 6. The van der Waals surface area contributed by atoms with Crippen LogP contribution in [0.15, 0.2) is 48.5 Å². The average Bonchev–Trinajstić information content (AvgIpc) is 2.77. The van der Waals surface area contributed by atoms with Crippen LogP contribution in [-0.2, 0) is 27.4 Å². The molecule has 0 saturated carbocycles. The molecule has 8 heteroatoms. The fourth-order valence-corrected chi connectivity index (χ4v) is 3.44. The van der Waals surface area contributed by atoms with Gasteiger partial charge in [-0.1, -0.05) is 35.9 Å². The third-order valence-electron chi connectivity index (χ3n) is 5.06. The summed E-state index contributed by atoms with van der Waals surface area (Å²) in [6.07, 6.45) is 0.863. The normalized spacial score (nSPS) is 14.6. The van der Waals surface area contributed by atoms with Crippen molar-refractivity contribution < 1.29 is 23.8 Å². The Kier molecular flexibility index (Phi) is 8.58. The number of benzene rings is 2. The first kappa shape index (κ1) is 24.9. The van der Waals surface area contributed by atoms with E-state index in [1.165, 1.54) is 0 Å². The van der Waals surface area contributed by atoms with Gasteiger partial charge in [-0.2, -0.15) is 0 Å². The first-order valence-corrected chi connectivity index (χ1v) is 11.4. The van der Waals surface area contributed by atoms with Crippen LogP contribution in [0.1, 0.15) is 44.7 Å². The van der Waals surface area contributed by atoms with Crippen molar-refractivity contribution in [2.75, 3.05) is 18.4 Å². The third kappa shape index (κ3) is 8.59. The van der Waals surface area contributed by atoms with Crippen molar-refractivity contribution in [3.8, 4) is 0 Å². The molecule has 33 heavy (non-hydrogen) atoms. The van der Waals surface area contributed by atoms with Crippen molar-refractivity contribution in [3.05, 3.63) is 64.7 Å². The molecule has 1 aliphatic heterocycles. The largest absolute Gasteiger partial charge is 0.444 e. The first-order valence-electron chi connectivity index (χ1n) is 11.0. The maximum absolute atomic E-state index is 12.2. The molecule has 1 fully saturated rings. The van der Waals surface area contributed by atoms with Crippen molar-refractivity contribution in [2.24, 2.45) is 0 Å². The molecular formula is C25H31ClN2O5. The van der Waals surface area contributed by atoms with Crippen LogP contribution in [0.25, 0.3) is 0 Å². The summed E-state index contributed by atoms with van der Waals surface area (Å²) in [5, 5.41) is 3.35. The molecule has 2 aromatic carbocycles. The molecule has 0 spiro atoms. The number of carbonyl (C=O) groups is 2. The Morgan fingerprint density at radius 1 is 0.970 bits per heavy atom. The number of ether oxygens (including phenoxy) is 3. The number of piperidine rings is 1. The average molecular weight is 475 g/mol. The highest BCUT2D eigenvalue weighted by molar-refractivity contribution is 6.30. The predicted octanol–water partition coefficient (Wildman–Crippen LogP) is 6.00. The highest BCUT2D eigenvalue weighted by Gasteiger charge is 2.27. The molecule has 0 bridgehead atoms. The van der Waals surface area contributed by atoms with Gasteiger partial charge in [-0.15, -0.1) is 0 Å². The van der Waals surface area contributed by atoms with Crippen LogP contribution in [0.3, 0.4) is 0 Å². The molecule has 1 N–H and O–H groups in total. The second-order valence-corrected chi connectivity index (χ2v) is 9.44. The quantitative estimate of drug-likeness (QED) is 0.555. The van der Waals surface area contributed by atoms with Gasteiger partial charge in [0.25, 0.3) is 0 Å². The third-order valence-corrected chi connectivity index (χ3v) is 5.31. The summed E-state index contributed by atoms with van der Waals surface area (Å²) in [6.45, 7) is 7.49. The smallest absolute Gasteiger partial charge is 0.411 e. The Labute approximate surface area is 200 Å². The Morgan fingerprint density at radius 3 is 2.15 bits per heavy atom. The minimum atomic E-state index is -0.523. The fraction of sp³-hybridized carbons (Fsp3) is 0.440. The molecule has 2 amide bonds. The van der Waals surface area contributed by atoms with Gasteiger partial charge in [0.05, 0.1) is 12.7 Å². The highest BCUT2D eigenvalue weighted by Crippen LogP contribution is 2.19. The van der Waals surface area contributed by atoms with E-state index in [0.717, 1.165) is 24.0 Å². The molecule has 7 nitrogen and oxygen atoms in total. The van der Waals surface area contributed by atoms with Gasteiger partial charge in [0.15, 0.2) is 0 Å². The Balaban J connectivity index is 1.36. The number of amides is 2. The standard InChI is InChI=1S/C25H31ClN2O5/c1-25(2,3)33-24(30)28-14-12-22(13-15-28)31-16-19-6-10-21(11-7-19)27-23(29)32-17-18-4-8-20(26)9-5-18/h4-11,22H,12-17H2,1-3H3,(H,27,29). The van der Waals surface area contributed by atoms with Crippen molar-refractivity contribution >= 4 is 29.5 Å². The molecule has 1 heterocycles. The molecule has 0 atom stereocenters. The van der Waals surface area contributed by atoms with Gasteiger partial charge in [0, 0.05) is 23.8 Å². The maximum Gasteiger partial charge on any atom is 0.411 e. The topological polar surface area (TPSA) is 77.1 Å². The molecule has 1 saturated heterocycles. The number of anilines is 1. The maximum atomic E-state index is 12.2. The van der Waals surface area contributed by atoms with Crippen molar-refractivity contribution in [3.63, 3.8) is 0 Å². The second-order valence-electron chi connectivity index (χ2n) is 9.00. The zero-order chi connectivity index (χ0) is 23.8. The number of likely N-dealkylation sites (tertiary alicyclic amines) is 1. The van der Waals surface area contributed by atoms with Crippen LogP contribution in [0.4, 0.5) is 15.3 Å². The molecule has 0 unspecified atom stereocenters. The van der Waals surface area contributed by atoms with E-state index in [0.29, 0.717) is 30.4 Å². The zero-order valence-electron chi connectivity index (χ0n) is 19.3. The van der Waals surface area contributed by atoms with E-state index in [4.69, 9.17) is 25.8 Å². The van der Waals surface area contributed by atoms with Crippen LogP contribution in [0.2, 0.25) is 5.02 Å². The summed E-state index contributed by atoms with van der Waals surface area (Å²) in [7, 11) is 0. The van der Waals surface area contributed by atoms with Gasteiger partial charge in [0.1, 0.15) is 12.2 Å². The summed E-state index contributed by atoms with van der Waals surface area (Å²) < 4.78 is 16.7. The van der Waals surface area contributed by atoms with Crippen molar-refractivity contribution in [1.29, 1.82) is 0 Å². The lowest BCUT2D eigenvalue weighted by atomic mass is 10.1. The molecular weight excluding hydrogens is 444 g/mol. The van der Waals surface area contributed by atoms with E-state index < -0.39 is 11.7 Å². The van der Waals surface area contributed by atoms with Gasteiger partial charge in [-0.3, -0.25) is 5.32 Å². The van der Waals surface area contributed by atoms with Crippen LogP contribution in [0, 0.1) is 0 Å². The summed E-state index contributed by atoms with van der Waals surface area (Å²) in [5.74, 6) is 0. The monoisotopic (exact) mass is 474 g/mol. The Bertz CT molecular complexity index is 917. The fourth-order valence-electron chi connectivity index (χ4n) is 3.31. The van der Waals surface area contributed by atoms with Gasteiger partial charge in [-0.25, -0.2) is 9.59 Å². The summed E-state index contributed by atoms with van der Waals surface area (Å²) >= 11 is 5.85. The van der Waals surface area contributed by atoms with Crippen LogP contribution in [-0.4, -0.2) is 41.9 Å². The van der Waals surface area contributed by atoms with E-state index in [1.54, 1.807) is 17.0 Å². The van der Waals surface area contributed by atoms with Gasteiger partial charge < -0.3 is 19.1 Å². The number of hydrogen-bond donors (Lipinski definition) is 1. The Morgan fingerprint density at radius 2 is 1.55 bits per heavy atom. The van der Waals surface area contributed by atoms with Crippen LogP contribution < -0.4 is 5.32 Å². The number of halogens is 1. The van der Waals surface area contributed by atoms with E-state index in [9.17, 15) is 9.59 Å². The molecule has 0 aromatic heterocycles. The molecule has 3 rings (SSSR count). The minimum absolute atomic E-state index is 0.101. The van der Waals surface area contributed by atoms with Crippen LogP contribution in [0.5, 0.6) is 0 Å². The van der Waals surface area contributed by atoms with Gasteiger partial charge >= 0.3 is 12.2 Å². The lowest BCUT2D eigenvalue weighted by Crippen LogP contribution is -2.43. The SMILES string of the molecule is CC(C)(C)OC(=O)N1CCC(OCc2ccc(NC(=O)OCc3ccc(Cl)cc3)cc2)CC1. The molecule has 1 aliphatic rings. The lowest BCUT2D eigenvalue weighted by Gasteiger charge is -2.33. The molecule has 0 radical (unpaired) electrons. The van der Waals surface area contributed by atoms with E-state index in [1.807, 2.05) is 57.2 Å². The minimum Gasteiger partial charge on any atom is -0.444 e. The lowest BCUT2D eigenvalue weighted by molar-refractivity contribution is -0.0170.